The van der Waals surface area contributed by atoms with Crippen LogP contribution >= 0.6 is 0 Å². The lowest BCUT2D eigenvalue weighted by Crippen LogP contribution is -2.36. The summed E-state index contributed by atoms with van der Waals surface area (Å²) in [6.07, 6.45) is -0.555. The van der Waals surface area contributed by atoms with Crippen molar-refractivity contribution in [3.05, 3.63) is 93.2 Å². The summed E-state index contributed by atoms with van der Waals surface area (Å²) in [6, 6.07) is 8.90. The van der Waals surface area contributed by atoms with E-state index in [-0.39, 0.29) is 29.6 Å². The van der Waals surface area contributed by atoms with Gasteiger partial charge in [-0.05, 0) is 62.4 Å². The van der Waals surface area contributed by atoms with E-state index in [1.165, 1.54) is 22.9 Å². The molecule has 0 unspecified atom stereocenters. The number of fused-ring (bicyclic) bond motifs is 1. The molecule has 4 heterocycles. The van der Waals surface area contributed by atoms with Gasteiger partial charge in [-0.1, -0.05) is 12.1 Å². The Morgan fingerprint density at radius 1 is 1.05 bits per heavy atom. The molecule has 6 nitrogen and oxygen atoms in total. The van der Waals surface area contributed by atoms with Crippen molar-refractivity contribution >= 4 is 16.7 Å². The molecule has 0 atom stereocenters. The van der Waals surface area contributed by atoms with Crippen LogP contribution in [0.3, 0.4) is 0 Å². The summed E-state index contributed by atoms with van der Waals surface area (Å²) in [4.78, 5) is 28.3. The zero-order valence-electron chi connectivity index (χ0n) is 20.4. The average Bonchev–Trinajstić information content (AvgIpc) is 2.86. The summed E-state index contributed by atoms with van der Waals surface area (Å²) < 4.78 is 56.7. The van der Waals surface area contributed by atoms with Gasteiger partial charge in [-0.15, -0.1) is 0 Å². The second-order valence-electron chi connectivity index (χ2n) is 9.35. The number of anilines is 1. The number of nitrogens with zero attached hydrogens (tertiary/aromatic N) is 5. The van der Waals surface area contributed by atoms with Gasteiger partial charge in [-0.25, -0.2) is 14.4 Å². The first-order chi connectivity index (χ1) is 17.6. The van der Waals surface area contributed by atoms with Crippen LogP contribution in [0.5, 0.6) is 0 Å². The molecule has 1 aromatic carbocycles. The SMILES string of the molecule is Cc1ncc2cc(C3CCN(c4c(C)cccc4F)CC3)c(=O)n(Cc3ncccc3C(F)(F)F)c2n1. The maximum atomic E-state index is 14.5. The van der Waals surface area contributed by atoms with Crippen molar-refractivity contribution < 1.29 is 17.6 Å². The van der Waals surface area contributed by atoms with Crippen molar-refractivity contribution in [2.45, 2.75) is 45.3 Å². The molecule has 0 N–H and O–H groups in total. The normalized spacial score (nSPS) is 14.9. The van der Waals surface area contributed by atoms with Crippen LogP contribution in [0, 0.1) is 19.7 Å². The molecule has 1 fully saturated rings. The zero-order chi connectivity index (χ0) is 26.3. The number of hydrogen-bond donors (Lipinski definition) is 0. The number of para-hydroxylation sites is 1. The first-order valence-electron chi connectivity index (χ1n) is 12.0. The smallest absolute Gasteiger partial charge is 0.369 e. The molecule has 0 spiro atoms. The van der Waals surface area contributed by atoms with Gasteiger partial charge < -0.3 is 4.90 Å². The Labute approximate surface area is 210 Å². The molecule has 3 aromatic heterocycles. The molecule has 192 valence electrons. The van der Waals surface area contributed by atoms with Gasteiger partial charge in [-0.3, -0.25) is 14.3 Å². The highest BCUT2D eigenvalue weighted by atomic mass is 19.4. The molecule has 5 rings (SSSR count). The number of aromatic nitrogens is 4. The maximum Gasteiger partial charge on any atom is 0.418 e. The maximum absolute atomic E-state index is 14.5. The number of rotatable bonds is 4. The quantitative estimate of drug-likeness (QED) is 0.344. The highest BCUT2D eigenvalue weighted by Gasteiger charge is 2.34. The van der Waals surface area contributed by atoms with Crippen molar-refractivity contribution in [2.75, 3.05) is 18.0 Å². The molecule has 10 heteroatoms. The van der Waals surface area contributed by atoms with Crippen molar-refractivity contribution in [3.63, 3.8) is 0 Å². The fraction of sp³-hybridized carbons (Fsp3) is 0.333. The van der Waals surface area contributed by atoms with Crippen LogP contribution in [0.2, 0.25) is 0 Å². The molecule has 1 saturated heterocycles. The van der Waals surface area contributed by atoms with Crippen LogP contribution in [-0.2, 0) is 12.7 Å². The van der Waals surface area contributed by atoms with E-state index >= 15 is 0 Å². The summed E-state index contributed by atoms with van der Waals surface area (Å²) >= 11 is 0. The zero-order valence-corrected chi connectivity index (χ0v) is 20.4. The number of alkyl halides is 3. The minimum atomic E-state index is -4.61. The van der Waals surface area contributed by atoms with Crippen LogP contribution in [0.1, 0.15) is 47.0 Å². The van der Waals surface area contributed by atoms with Gasteiger partial charge in [0.15, 0.2) is 0 Å². The number of piperidine rings is 1. The van der Waals surface area contributed by atoms with Crippen molar-refractivity contribution in [1.82, 2.24) is 19.5 Å². The number of aryl methyl sites for hydroxylation is 2. The van der Waals surface area contributed by atoms with Crippen LogP contribution in [0.25, 0.3) is 11.0 Å². The summed E-state index contributed by atoms with van der Waals surface area (Å²) in [5.41, 5.74) is 0.626. The van der Waals surface area contributed by atoms with E-state index in [9.17, 15) is 22.4 Å². The third kappa shape index (κ3) is 4.80. The largest absolute Gasteiger partial charge is 0.418 e. The van der Waals surface area contributed by atoms with Gasteiger partial charge in [-0.2, -0.15) is 13.2 Å². The second-order valence-corrected chi connectivity index (χ2v) is 9.35. The minimum Gasteiger partial charge on any atom is -0.369 e. The van der Waals surface area contributed by atoms with Gasteiger partial charge in [0.1, 0.15) is 17.3 Å². The molecular formula is C27H25F4N5O. The Hall–Kier alpha value is -3.82. The van der Waals surface area contributed by atoms with Crippen molar-refractivity contribution in [2.24, 2.45) is 0 Å². The Bertz CT molecular complexity index is 1500. The van der Waals surface area contributed by atoms with E-state index < -0.39 is 17.3 Å². The molecule has 0 amide bonds. The Kier molecular flexibility index (Phi) is 6.43. The third-order valence-corrected chi connectivity index (χ3v) is 6.92. The Morgan fingerprint density at radius 2 is 1.81 bits per heavy atom. The Balaban J connectivity index is 1.53. The molecule has 0 saturated carbocycles. The lowest BCUT2D eigenvalue weighted by molar-refractivity contribution is -0.138. The van der Waals surface area contributed by atoms with E-state index in [4.69, 9.17) is 0 Å². The van der Waals surface area contributed by atoms with Crippen LogP contribution in [0.15, 0.2) is 53.6 Å². The lowest BCUT2D eigenvalue weighted by Gasteiger charge is -2.34. The van der Waals surface area contributed by atoms with Gasteiger partial charge in [0.2, 0.25) is 0 Å². The summed E-state index contributed by atoms with van der Waals surface area (Å²) in [7, 11) is 0. The van der Waals surface area contributed by atoms with Gasteiger partial charge in [0.05, 0.1) is 23.5 Å². The second kappa shape index (κ2) is 9.57. The van der Waals surface area contributed by atoms with Crippen molar-refractivity contribution in [3.8, 4) is 0 Å². The van der Waals surface area contributed by atoms with E-state index in [0.717, 1.165) is 11.6 Å². The number of pyridine rings is 2. The number of halogens is 4. The summed E-state index contributed by atoms with van der Waals surface area (Å²) in [5.74, 6) is -0.0208. The number of benzene rings is 1. The summed E-state index contributed by atoms with van der Waals surface area (Å²) in [5, 5.41) is 0.567. The van der Waals surface area contributed by atoms with Crippen LogP contribution in [-0.4, -0.2) is 32.6 Å². The summed E-state index contributed by atoms with van der Waals surface area (Å²) in [6.45, 7) is 4.24. The van der Waals surface area contributed by atoms with E-state index in [2.05, 4.69) is 15.0 Å². The van der Waals surface area contributed by atoms with Crippen LogP contribution in [0.4, 0.5) is 23.2 Å². The predicted molar refractivity (Wildman–Crippen MR) is 132 cm³/mol. The fourth-order valence-corrected chi connectivity index (χ4v) is 5.12. The molecular weight excluding hydrogens is 486 g/mol. The van der Waals surface area contributed by atoms with E-state index in [1.807, 2.05) is 17.9 Å². The van der Waals surface area contributed by atoms with Gasteiger partial charge in [0, 0.05) is 36.4 Å². The van der Waals surface area contributed by atoms with Crippen molar-refractivity contribution in [1.29, 1.82) is 0 Å². The van der Waals surface area contributed by atoms with Crippen LogP contribution < -0.4 is 10.5 Å². The standard InChI is InChI=1S/C27H25F4N5O/c1-16-5-3-7-22(28)24(16)35-11-8-18(9-12-35)20-13-19-14-33-17(2)34-25(19)36(26(20)37)15-23-21(27(29,30)31)6-4-10-32-23/h3-7,10,13-14,18H,8-9,11-12,15H2,1-2H3. The fourth-order valence-electron chi connectivity index (χ4n) is 5.12. The number of hydrogen-bond acceptors (Lipinski definition) is 5. The molecule has 4 aromatic rings. The predicted octanol–water partition coefficient (Wildman–Crippen LogP) is 5.39. The molecule has 37 heavy (non-hydrogen) atoms. The van der Waals surface area contributed by atoms with E-state index in [1.54, 1.807) is 25.3 Å². The Morgan fingerprint density at radius 3 is 2.51 bits per heavy atom. The monoisotopic (exact) mass is 511 g/mol. The molecule has 0 radical (unpaired) electrons. The molecule has 1 aliphatic rings. The third-order valence-electron chi connectivity index (χ3n) is 6.92. The highest BCUT2D eigenvalue weighted by molar-refractivity contribution is 5.75. The van der Waals surface area contributed by atoms with Gasteiger partial charge in [0.25, 0.3) is 5.56 Å². The minimum absolute atomic E-state index is 0.140. The van der Waals surface area contributed by atoms with E-state index in [0.29, 0.717) is 48.4 Å². The average molecular weight is 512 g/mol. The first kappa shape index (κ1) is 24.9. The highest BCUT2D eigenvalue weighted by Crippen LogP contribution is 2.34. The molecule has 0 bridgehead atoms. The molecule has 0 aliphatic carbocycles. The first-order valence-corrected chi connectivity index (χ1v) is 12.0. The van der Waals surface area contributed by atoms with Gasteiger partial charge >= 0.3 is 6.18 Å². The lowest BCUT2D eigenvalue weighted by atomic mass is 9.89. The topological polar surface area (TPSA) is 63.9 Å². The molecule has 1 aliphatic heterocycles.